The SMILES string of the molecule is NCc1nc2cc(F)ccc2o1. The maximum atomic E-state index is 12.6. The first-order valence-electron chi connectivity index (χ1n) is 3.54. The first-order valence-corrected chi connectivity index (χ1v) is 3.54. The lowest BCUT2D eigenvalue weighted by molar-refractivity contribution is 0.533. The zero-order valence-corrected chi connectivity index (χ0v) is 6.25. The number of hydrogen-bond donors (Lipinski definition) is 1. The Morgan fingerprint density at radius 1 is 1.50 bits per heavy atom. The Balaban J connectivity index is 2.67. The quantitative estimate of drug-likeness (QED) is 0.697. The van der Waals surface area contributed by atoms with Crippen LogP contribution in [0.3, 0.4) is 0 Å². The number of rotatable bonds is 1. The molecule has 1 aromatic heterocycles. The summed E-state index contributed by atoms with van der Waals surface area (Å²) in [6.07, 6.45) is 0. The van der Waals surface area contributed by atoms with Crippen LogP contribution in [0.5, 0.6) is 0 Å². The van der Waals surface area contributed by atoms with Crippen molar-refractivity contribution in [1.29, 1.82) is 0 Å². The van der Waals surface area contributed by atoms with Crippen molar-refractivity contribution < 1.29 is 8.81 Å². The van der Waals surface area contributed by atoms with Gasteiger partial charge in [0.2, 0.25) is 5.89 Å². The summed E-state index contributed by atoms with van der Waals surface area (Å²) < 4.78 is 17.8. The minimum Gasteiger partial charge on any atom is -0.439 e. The predicted molar refractivity (Wildman–Crippen MR) is 41.9 cm³/mol. The number of nitrogens with two attached hydrogens (primary N) is 1. The molecule has 2 aromatic rings. The molecule has 12 heavy (non-hydrogen) atoms. The van der Waals surface area contributed by atoms with Gasteiger partial charge in [0, 0.05) is 6.07 Å². The zero-order chi connectivity index (χ0) is 8.55. The van der Waals surface area contributed by atoms with Crippen molar-refractivity contribution in [3.05, 3.63) is 29.9 Å². The van der Waals surface area contributed by atoms with Crippen molar-refractivity contribution >= 4 is 11.1 Å². The molecule has 1 heterocycles. The Kier molecular flexibility index (Phi) is 1.55. The average molecular weight is 166 g/mol. The van der Waals surface area contributed by atoms with Crippen molar-refractivity contribution in [2.45, 2.75) is 6.54 Å². The summed E-state index contributed by atoms with van der Waals surface area (Å²) in [4.78, 5) is 3.96. The van der Waals surface area contributed by atoms with Crippen LogP contribution in [0.2, 0.25) is 0 Å². The predicted octanol–water partition coefficient (Wildman–Crippen LogP) is 1.43. The van der Waals surface area contributed by atoms with Gasteiger partial charge in [-0.25, -0.2) is 9.37 Å². The van der Waals surface area contributed by atoms with Crippen LogP contribution >= 0.6 is 0 Å². The van der Waals surface area contributed by atoms with Crippen molar-refractivity contribution in [2.75, 3.05) is 0 Å². The highest BCUT2D eigenvalue weighted by Crippen LogP contribution is 2.15. The van der Waals surface area contributed by atoms with E-state index in [0.29, 0.717) is 17.0 Å². The van der Waals surface area contributed by atoms with Gasteiger partial charge in [-0.1, -0.05) is 0 Å². The summed E-state index contributed by atoms with van der Waals surface area (Å²) in [6, 6.07) is 4.18. The molecule has 0 saturated heterocycles. The highest BCUT2D eigenvalue weighted by Gasteiger charge is 2.03. The van der Waals surface area contributed by atoms with E-state index in [0.717, 1.165) is 0 Å². The minimum absolute atomic E-state index is 0.232. The van der Waals surface area contributed by atoms with Crippen LogP contribution in [-0.2, 0) is 6.54 Å². The van der Waals surface area contributed by atoms with Crippen LogP contribution in [0.1, 0.15) is 5.89 Å². The highest BCUT2D eigenvalue weighted by molar-refractivity contribution is 5.72. The molecule has 0 aliphatic heterocycles. The fourth-order valence-corrected chi connectivity index (χ4v) is 1.04. The van der Waals surface area contributed by atoms with E-state index in [2.05, 4.69) is 4.98 Å². The van der Waals surface area contributed by atoms with E-state index < -0.39 is 0 Å². The average Bonchev–Trinajstić information content (AvgIpc) is 2.46. The first kappa shape index (κ1) is 7.24. The molecule has 0 unspecified atom stereocenters. The lowest BCUT2D eigenvalue weighted by Gasteiger charge is -1.84. The lowest BCUT2D eigenvalue weighted by atomic mass is 10.3. The number of hydrogen-bond acceptors (Lipinski definition) is 3. The molecule has 0 aliphatic carbocycles. The Labute approximate surface area is 68.0 Å². The van der Waals surface area contributed by atoms with Gasteiger partial charge in [-0.05, 0) is 12.1 Å². The summed E-state index contributed by atoms with van der Waals surface area (Å²) in [5, 5.41) is 0. The second-order valence-corrected chi connectivity index (χ2v) is 2.42. The van der Waals surface area contributed by atoms with Crippen LogP contribution in [0.25, 0.3) is 11.1 Å². The highest BCUT2D eigenvalue weighted by atomic mass is 19.1. The van der Waals surface area contributed by atoms with Crippen LogP contribution in [0.15, 0.2) is 22.6 Å². The molecular formula is C8H7FN2O. The minimum atomic E-state index is -0.320. The van der Waals surface area contributed by atoms with Crippen molar-refractivity contribution in [3.63, 3.8) is 0 Å². The van der Waals surface area contributed by atoms with Gasteiger partial charge in [0.1, 0.15) is 11.3 Å². The van der Waals surface area contributed by atoms with Gasteiger partial charge in [0.15, 0.2) is 5.58 Å². The molecule has 0 spiro atoms. The molecule has 0 bridgehead atoms. The molecule has 3 nitrogen and oxygen atoms in total. The summed E-state index contributed by atoms with van der Waals surface area (Å²) in [5.41, 5.74) is 6.38. The number of oxazole rings is 1. The van der Waals surface area contributed by atoms with Gasteiger partial charge >= 0.3 is 0 Å². The summed E-state index contributed by atoms with van der Waals surface area (Å²) in [6.45, 7) is 0.232. The molecule has 1 aromatic carbocycles. The van der Waals surface area contributed by atoms with Gasteiger partial charge in [-0.15, -0.1) is 0 Å². The molecular weight excluding hydrogens is 159 g/mol. The van der Waals surface area contributed by atoms with Crippen molar-refractivity contribution in [3.8, 4) is 0 Å². The molecule has 2 rings (SSSR count). The second-order valence-electron chi connectivity index (χ2n) is 2.42. The largest absolute Gasteiger partial charge is 0.439 e. The Morgan fingerprint density at radius 3 is 3.08 bits per heavy atom. The number of aromatic nitrogens is 1. The topological polar surface area (TPSA) is 52.0 Å². The van der Waals surface area contributed by atoms with Crippen molar-refractivity contribution in [2.24, 2.45) is 5.73 Å². The van der Waals surface area contributed by atoms with Crippen LogP contribution in [-0.4, -0.2) is 4.98 Å². The van der Waals surface area contributed by atoms with Gasteiger partial charge in [-0.2, -0.15) is 0 Å². The fourth-order valence-electron chi connectivity index (χ4n) is 1.04. The van der Waals surface area contributed by atoms with Crippen LogP contribution in [0, 0.1) is 5.82 Å². The first-order chi connectivity index (χ1) is 5.79. The second kappa shape index (κ2) is 2.57. The maximum absolute atomic E-state index is 12.6. The smallest absolute Gasteiger partial charge is 0.209 e. The third-order valence-corrected chi connectivity index (χ3v) is 1.57. The van der Waals surface area contributed by atoms with E-state index in [-0.39, 0.29) is 12.4 Å². The molecule has 0 radical (unpaired) electrons. The lowest BCUT2D eigenvalue weighted by Crippen LogP contribution is -1.94. The van der Waals surface area contributed by atoms with E-state index in [1.807, 2.05) is 0 Å². The molecule has 0 amide bonds. The van der Waals surface area contributed by atoms with E-state index in [4.69, 9.17) is 10.2 Å². The summed E-state index contributed by atoms with van der Waals surface area (Å²) in [7, 11) is 0. The van der Waals surface area contributed by atoms with Crippen LogP contribution < -0.4 is 5.73 Å². The number of nitrogens with zero attached hydrogens (tertiary/aromatic N) is 1. The summed E-state index contributed by atoms with van der Waals surface area (Å²) in [5.74, 6) is 0.106. The number of benzene rings is 1. The van der Waals surface area contributed by atoms with Crippen LogP contribution in [0.4, 0.5) is 4.39 Å². The van der Waals surface area contributed by atoms with Gasteiger partial charge in [0.25, 0.3) is 0 Å². The molecule has 0 aliphatic rings. The molecule has 2 N–H and O–H groups in total. The normalized spacial score (nSPS) is 10.8. The fraction of sp³-hybridized carbons (Fsp3) is 0.125. The van der Waals surface area contributed by atoms with E-state index >= 15 is 0 Å². The van der Waals surface area contributed by atoms with Gasteiger partial charge in [-0.3, -0.25) is 0 Å². The Hall–Kier alpha value is -1.42. The third kappa shape index (κ3) is 1.06. The molecule has 0 fully saturated rings. The number of fused-ring (bicyclic) bond motifs is 1. The summed E-state index contributed by atoms with van der Waals surface area (Å²) >= 11 is 0. The number of halogens is 1. The molecule has 62 valence electrons. The van der Waals surface area contributed by atoms with Crippen molar-refractivity contribution in [1.82, 2.24) is 4.98 Å². The van der Waals surface area contributed by atoms with E-state index in [1.165, 1.54) is 18.2 Å². The zero-order valence-electron chi connectivity index (χ0n) is 6.25. The molecule has 4 heteroatoms. The Bertz CT molecular complexity index is 410. The standard InChI is InChI=1S/C8H7FN2O/c9-5-1-2-7-6(3-5)11-8(4-10)12-7/h1-3H,4,10H2. The van der Waals surface area contributed by atoms with Gasteiger partial charge < -0.3 is 10.2 Å². The molecule has 0 saturated carbocycles. The third-order valence-electron chi connectivity index (χ3n) is 1.57. The maximum Gasteiger partial charge on any atom is 0.209 e. The molecule has 0 atom stereocenters. The van der Waals surface area contributed by atoms with Gasteiger partial charge in [0.05, 0.1) is 6.54 Å². The monoisotopic (exact) mass is 166 g/mol. The van der Waals surface area contributed by atoms with E-state index in [9.17, 15) is 4.39 Å². The Morgan fingerprint density at radius 2 is 2.33 bits per heavy atom. The van der Waals surface area contributed by atoms with E-state index in [1.54, 1.807) is 0 Å².